The van der Waals surface area contributed by atoms with E-state index in [1.54, 1.807) is 7.05 Å². The normalized spacial score (nSPS) is 11.7. The SMILES string of the molecule is COC(=O)c1ccc(OCC(O)CN(C)CCOc2ccc(O)c(C(N)=O)c2)cc1O. The van der Waals surface area contributed by atoms with Gasteiger partial charge in [-0.25, -0.2) is 4.79 Å². The molecule has 0 aliphatic carbocycles. The van der Waals surface area contributed by atoms with Crippen molar-refractivity contribution in [1.29, 1.82) is 0 Å². The molecule has 0 radical (unpaired) electrons. The Morgan fingerprint density at radius 2 is 1.71 bits per heavy atom. The van der Waals surface area contributed by atoms with Crippen LogP contribution in [0.5, 0.6) is 23.0 Å². The lowest BCUT2D eigenvalue weighted by molar-refractivity contribution is 0.0596. The van der Waals surface area contributed by atoms with Gasteiger partial charge >= 0.3 is 5.97 Å². The molecule has 10 nitrogen and oxygen atoms in total. The molecule has 2 aromatic rings. The Morgan fingerprint density at radius 3 is 2.35 bits per heavy atom. The van der Waals surface area contributed by atoms with Gasteiger partial charge in [-0.1, -0.05) is 0 Å². The molecule has 0 aliphatic rings. The number of aliphatic hydroxyl groups is 1. The summed E-state index contributed by atoms with van der Waals surface area (Å²) < 4.78 is 15.6. The molecule has 0 heterocycles. The fraction of sp³-hybridized carbons (Fsp3) is 0.333. The third-order valence-corrected chi connectivity index (χ3v) is 4.31. The molecule has 0 bridgehead atoms. The van der Waals surface area contributed by atoms with Crippen LogP contribution in [0.3, 0.4) is 0 Å². The van der Waals surface area contributed by atoms with Crippen LogP contribution in [0.2, 0.25) is 0 Å². The first kappa shape index (κ1) is 23.8. The molecule has 10 heteroatoms. The van der Waals surface area contributed by atoms with Gasteiger partial charge in [-0.05, 0) is 37.4 Å². The number of benzene rings is 2. The molecule has 0 saturated heterocycles. The standard InChI is InChI=1S/C21H26N2O8/c1-23(7-8-30-14-4-6-18(25)17(9-14)20(22)27)11-13(24)12-31-15-3-5-16(19(26)10-15)21(28)29-2/h3-6,9-10,13,24-26H,7-8,11-12H2,1-2H3,(H2,22,27). The lowest BCUT2D eigenvalue weighted by Gasteiger charge is -2.21. The molecule has 168 valence electrons. The van der Waals surface area contributed by atoms with Gasteiger partial charge in [-0.3, -0.25) is 4.79 Å². The summed E-state index contributed by atoms with van der Waals surface area (Å²) >= 11 is 0. The molecular weight excluding hydrogens is 408 g/mol. The van der Waals surface area contributed by atoms with E-state index in [9.17, 15) is 24.9 Å². The first-order chi connectivity index (χ1) is 14.7. The quantitative estimate of drug-likeness (QED) is 0.375. The van der Waals surface area contributed by atoms with E-state index in [0.29, 0.717) is 18.0 Å². The predicted molar refractivity (Wildman–Crippen MR) is 111 cm³/mol. The lowest BCUT2D eigenvalue weighted by atomic mass is 10.2. The number of aromatic hydroxyl groups is 2. The zero-order valence-corrected chi connectivity index (χ0v) is 17.3. The van der Waals surface area contributed by atoms with Crippen LogP contribution in [-0.2, 0) is 4.74 Å². The van der Waals surface area contributed by atoms with E-state index in [-0.39, 0.29) is 42.4 Å². The van der Waals surface area contributed by atoms with Gasteiger partial charge in [0.15, 0.2) is 0 Å². The number of carbonyl (C=O) groups excluding carboxylic acids is 2. The van der Waals surface area contributed by atoms with E-state index >= 15 is 0 Å². The van der Waals surface area contributed by atoms with Crippen molar-refractivity contribution in [3.63, 3.8) is 0 Å². The van der Waals surface area contributed by atoms with Crippen LogP contribution in [0.4, 0.5) is 0 Å². The maximum Gasteiger partial charge on any atom is 0.341 e. The average molecular weight is 434 g/mol. The maximum absolute atomic E-state index is 11.5. The number of amides is 1. The molecule has 1 amide bonds. The number of nitrogens with zero attached hydrogens (tertiary/aromatic N) is 1. The van der Waals surface area contributed by atoms with Crippen LogP contribution in [0.25, 0.3) is 0 Å². The average Bonchev–Trinajstić information content (AvgIpc) is 2.72. The lowest BCUT2D eigenvalue weighted by Crippen LogP contribution is -2.35. The van der Waals surface area contributed by atoms with E-state index in [0.717, 1.165) is 0 Å². The number of hydrogen-bond acceptors (Lipinski definition) is 9. The zero-order chi connectivity index (χ0) is 23.0. The summed E-state index contributed by atoms with van der Waals surface area (Å²) in [5, 5.41) is 29.6. The molecule has 1 unspecified atom stereocenters. The second-order valence-electron chi connectivity index (χ2n) is 6.79. The van der Waals surface area contributed by atoms with Gasteiger partial charge in [-0.2, -0.15) is 0 Å². The Morgan fingerprint density at radius 1 is 1.03 bits per heavy atom. The minimum absolute atomic E-state index is 0.0201. The molecule has 0 aliphatic heterocycles. The fourth-order valence-corrected chi connectivity index (χ4v) is 2.70. The molecule has 0 spiro atoms. The Kier molecular flexibility index (Phi) is 8.47. The number of likely N-dealkylation sites (N-methyl/N-ethyl adjacent to an activating group) is 1. The topological polar surface area (TPSA) is 152 Å². The van der Waals surface area contributed by atoms with E-state index in [2.05, 4.69) is 4.74 Å². The second-order valence-corrected chi connectivity index (χ2v) is 6.79. The molecule has 5 N–H and O–H groups in total. The Hall–Kier alpha value is -3.50. The number of rotatable bonds is 11. The minimum atomic E-state index is -0.817. The highest BCUT2D eigenvalue weighted by atomic mass is 16.5. The third-order valence-electron chi connectivity index (χ3n) is 4.31. The van der Waals surface area contributed by atoms with Crippen LogP contribution in [-0.4, -0.2) is 78.7 Å². The van der Waals surface area contributed by atoms with Gasteiger partial charge in [-0.15, -0.1) is 0 Å². The number of esters is 1. The largest absolute Gasteiger partial charge is 0.507 e. The number of hydrogen-bond donors (Lipinski definition) is 4. The third kappa shape index (κ3) is 7.05. The minimum Gasteiger partial charge on any atom is -0.507 e. The Balaban J connectivity index is 1.75. The number of ether oxygens (including phenoxy) is 3. The molecule has 1 atom stereocenters. The molecule has 2 aromatic carbocycles. The zero-order valence-electron chi connectivity index (χ0n) is 17.3. The van der Waals surface area contributed by atoms with Gasteiger partial charge in [0.05, 0.1) is 12.7 Å². The summed E-state index contributed by atoms with van der Waals surface area (Å²) in [6, 6.07) is 8.35. The van der Waals surface area contributed by atoms with Crippen LogP contribution >= 0.6 is 0 Å². The van der Waals surface area contributed by atoms with Crippen molar-refractivity contribution in [2.75, 3.05) is 40.5 Å². The second kappa shape index (κ2) is 11.0. The van der Waals surface area contributed by atoms with Crippen molar-refractivity contribution < 1.29 is 39.1 Å². The number of nitrogens with two attached hydrogens (primary N) is 1. The Bertz CT molecular complexity index is 918. The molecule has 0 saturated carbocycles. The van der Waals surface area contributed by atoms with Crippen LogP contribution in [0.15, 0.2) is 36.4 Å². The van der Waals surface area contributed by atoms with Crippen molar-refractivity contribution in [3.8, 4) is 23.0 Å². The summed E-state index contributed by atoms with van der Waals surface area (Å²) in [7, 11) is 3.00. The van der Waals surface area contributed by atoms with E-state index in [1.807, 2.05) is 4.90 Å². The number of primary amides is 1. The molecular formula is C21H26N2O8. The van der Waals surface area contributed by atoms with Crippen LogP contribution < -0.4 is 15.2 Å². The first-order valence-corrected chi connectivity index (χ1v) is 9.37. The predicted octanol–water partition coefficient (Wildman–Crippen LogP) is 0.734. The Labute approximate surface area is 179 Å². The highest BCUT2D eigenvalue weighted by Gasteiger charge is 2.14. The summed E-state index contributed by atoms with van der Waals surface area (Å²) in [4.78, 5) is 24.5. The van der Waals surface area contributed by atoms with Crippen molar-refractivity contribution in [3.05, 3.63) is 47.5 Å². The molecule has 31 heavy (non-hydrogen) atoms. The number of phenolic OH excluding ortho intramolecular Hbond substituents is 1. The summed E-state index contributed by atoms with van der Waals surface area (Å²) in [6.45, 7) is 1.01. The van der Waals surface area contributed by atoms with Gasteiger partial charge in [0.25, 0.3) is 5.91 Å². The summed E-state index contributed by atoms with van der Waals surface area (Å²) in [5.41, 5.74) is 5.18. The number of carbonyl (C=O) groups is 2. The smallest absolute Gasteiger partial charge is 0.341 e. The molecule has 2 rings (SSSR count). The first-order valence-electron chi connectivity index (χ1n) is 9.37. The van der Waals surface area contributed by atoms with Crippen molar-refractivity contribution in [2.24, 2.45) is 5.73 Å². The number of methoxy groups -OCH3 is 1. The van der Waals surface area contributed by atoms with E-state index in [1.165, 1.54) is 43.5 Å². The van der Waals surface area contributed by atoms with E-state index in [4.69, 9.17) is 15.2 Å². The van der Waals surface area contributed by atoms with Crippen molar-refractivity contribution >= 4 is 11.9 Å². The van der Waals surface area contributed by atoms with Gasteiger partial charge in [0, 0.05) is 19.2 Å². The van der Waals surface area contributed by atoms with Crippen LogP contribution in [0, 0.1) is 0 Å². The van der Waals surface area contributed by atoms with Gasteiger partial charge in [0.2, 0.25) is 0 Å². The fourth-order valence-electron chi connectivity index (χ4n) is 2.70. The van der Waals surface area contributed by atoms with E-state index < -0.39 is 18.0 Å². The number of phenols is 2. The highest BCUT2D eigenvalue weighted by Crippen LogP contribution is 2.24. The van der Waals surface area contributed by atoms with Gasteiger partial charge in [0.1, 0.15) is 47.9 Å². The summed E-state index contributed by atoms with van der Waals surface area (Å²) in [6.07, 6.45) is -0.817. The molecule has 0 aromatic heterocycles. The monoisotopic (exact) mass is 434 g/mol. The summed E-state index contributed by atoms with van der Waals surface area (Å²) in [5.74, 6) is -1.22. The maximum atomic E-state index is 11.5. The van der Waals surface area contributed by atoms with Crippen molar-refractivity contribution in [2.45, 2.75) is 6.10 Å². The van der Waals surface area contributed by atoms with Gasteiger partial charge < -0.3 is 40.2 Å². The number of aliphatic hydroxyl groups excluding tert-OH is 1. The molecule has 0 fully saturated rings. The van der Waals surface area contributed by atoms with Crippen LogP contribution in [0.1, 0.15) is 20.7 Å². The van der Waals surface area contributed by atoms with Crippen molar-refractivity contribution in [1.82, 2.24) is 4.90 Å². The highest BCUT2D eigenvalue weighted by molar-refractivity contribution is 5.96.